The van der Waals surface area contributed by atoms with Gasteiger partial charge in [-0.2, -0.15) is 0 Å². The van der Waals surface area contributed by atoms with Crippen LogP contribution in [0.25, 0.3) is 22.3 Å². The topological polar surface area (TPSA) is 36.8 Å². The maximum atomic E-state index is 5.14. The van der Waals surface area contributed by atoms with Crippen LogP contribution in [0.4, 0.5) is 0 Å². The van der Waals surface area contributed by atoms with Gasteiger partial charge in [-0.3, -0.25) is 0 Å². The fourth-order valence-electron chi connectivity index (χ4n) is 5.82. The van der Waals surface area contributed by atoms with Crippen LogP contribution in [-0.2, 0) is 5.41 Å². The lowest BCUT2D eigenvalue weighted by Crippen LogP contribution is -2.36. The molecule has 7 rings (SSSR count). The second-order valence-corrected chi connectivity index (χ2v) is 10.7. The number of hydrogen-bond donors (Lipinski definition) is 1. The molecule has 0 bridgehead atoms. The molecular formula is C36H29N3. The van der Waals surface area contributed by atoms with Crippen LogP contribution in [0.3, 0.4) is 0 Å². The molecule has 3 heteroatoms. The summed E-state index contributed by atoms with van der Waals surface area (Å²) < 4.78 is 0. The van der Waals surface area contributed by atoms with Gasteiger partial charge < -0.3 is 5.32 Å². The highest BCUT2D eigenvalue weighted by atomic mass is 15.2. The number of rotatable bonds is 4. The minimum atomic E-state index is -0.338. The molecule has 39 heavy (non-hydrogen) atoms. The zero-order valence-corrected chi connectivity index (χ0v) is 22.1. The van der Waals surface area contributed by atoms with Gasteiger partial charge in [0.25, 0.3) is 0 Å². The third kappa shape index (κ3) is 4.07. The van der Waals surface area contributed by atoms with Crippen LogP contribution >= 0.6 is 0 Å². The summed E-state index contributed by atoms with van der Waals surface area (Å²) in [7, 11) is 0. The molecule has 2 aliphatic rings. The van der Waals surface area contributed by atoms with Gasteiger partial charge in [-0.15, -0.1) is 0 Å². The monoisotopic (exact) mass is 503 g/mol. The molecule has 1 unspecified atom stereocenters. The fourth-order valence-corrected chi connectivity index (χ4v) is 5.82. The predicted molar refractivity (Wildman–Crippen MR) is 161 cm³/mol. The first-order valence-electron chi connectivity index (χ1n) is 13.5. The minimum absolute atomic E-state index is 0.0688. The highest BCUT2D eigenvalue weighted by Gasteiger charge is 2.35. The molecule has 1 atom stereocenters. The van der Waals surface area contributed by atoms with E-state index in [1.165, 1.54) is 33.4 Å². The summed E-state index contributed by atoms with van der Waals surface area (Å²) in [5, 5.41) is 3.53. The molecule has 0 saturated heterocycles. The second-order valence-electron chi connectivity index (χ2n) is 10.7. The first-order valence-corrected chi connectivity index (χ1v) is 13.5. The average Bonchev–Trinajstić information content (AvgIpc) is 3.24. The van der Waals surface area contributed by atoms with Crippen molar-refractivity contribution in [3.05, 3.63) is 155 Å². The smallest absolute Gasteiger partial charge is 0.169 e. The third-order valence-electron chi connectivity index (χ3n) is 7.96. The average molecular weight is 504 g/mol. The molecule has 0 aromatic heterocycles. The van der Waals surface area contributed by atoms with E-state index in [0.717, 1.165) is 28.4 Å². The number of hydrogen-bond acceptors (Lipinski definition) is 3. The van der Waals surface area contributed by atoms with Crippen molar-refractivity contribution in [2.75, 3.05) is 0 Å². The molecule has 1 aliphatic carbocycles. The molecular weight excluding hydrogens is 474 g/mol. The zero-order chi connectivity index (χ0) is 26.4. The lowest BCUT2D eigenvalue weighted by atomic mass is 9.82. The van der Waals surface area contributed by atoms with E-state index in [2.05, 4.69) is 122 Å². The summed E-state index contributed by atoms with van der Waals surface area (Å²) >= 11 is 0. The van der Waals surface area contributed by atoms with E-state index in [-0.39, 0.29) is 11.6 Å². The van der Waals surface area contributed by atoms with Gasteiger partial charge in [0, 0.05) is 16.5 Å². The van der Waals surface area contributed by atoms with E-state index in [9.17, 15) is 0 Å². The van der Waals surface area contributed by atoms with Crippen molar-refractivity contribution in [2.24, 2.45) is 9.98 Å². The van der Waals surface area contributed by atoms with Gasteiger partial charge in [-0.1, -0.05) is 141 Å². The van der Waals surface area contributed by atoms with Gasteiger partial charge in [-0.05, 0) is 38.9 Å². The van der Waals surface area contributed by atoms with Crippen LogP contribution in [-0.4, -0.2) is 11.7 Å². The van der Waals surface area contributed by atoms with Crippen LogP contribution < -0.4 is 5.32 Å². The minimum Gasteiger partial charge on any atom is -0.324 e. The molecule has 3 nitrogen and oxygen atoms in total. The van der Waals surface area contributed by atoms with Crippen LogP contribution in [0.15, 0.2) is 137 Å². The second kappa shape index (κ2) is 9.21. The molecule has 0 amide bonds. The van der Waals surface area contributed by atoms with Gasteiger partial charge in [0.1, 0.15) is 11.7 Å². The Bertz CT molecular complexity index is 1730. The summed E-state index contributed by atoms with van der Waals surface area (Å²) in [5.74, 6) is 1.66. The van der Waals surface area contributed by atoms with E-state index < -0.39 is 0 Å². The van der Waals surface area contributed by atoms with Crippen LogP contribution in [0, 0.1) is 0 Å². The zero-order valence-electron chi connectivity index (χ0n) is 22.1. The molecule has 0 fully saturated rings. The molecule has 0 radical (unpaired) electrons. The number of nitrogens with zero attached hydrogens (tertiary/aromatic N) is 2. The summed E-state index contributed by atoms with van der Waals surface area (Å²) in [5.41, 5.74) is 10.8. The fraction of sp³-hybridized carbons (Fsp3) is 0.111. The lowest BCUT2D eigenvalue weighted by Gasteiger charge is -2.25. The van der Waals surface area contributed by atoms with Crippen molar-refractivity contribution in [1.29, 1.82) is 0 Å². The van der Waals surface area contributed by atoms with Crippen molar-refractivity contribution in [3.8, 4) is 22.3 Å². The number of nitrogens with one attached hydrogen (secondary N) is 1. The van der Waals surface area contributed by atoms with E-state index in [0.29, 0.717) is 0 Å². The van der Waals surface area contributed by atoms with Gasteiger partial charge in [-0.25, -0.2) is 9.98 Å². The van der Waals surface area contributed by atoms with Gasteiger partial charge in [0.15, 0.2) is 6.17 Å². The van der Waals surface area contributed by atoms with Crippen LogP contribution in [0.2, 0.25) is 0 Å². The van der Waals surface area contributed by atoms with Gasteiger partial charge >= 0.3 is 0 Å². The highest BCUT2D eigenvalue weighted by molar-refractivity contribution is 6.16. The number of fused-ring (bicyclic) bond motifs is 3. The van der Waals surface area contributed by atoms with Crippen molar-refractivity contribution in [1.82, 2.24) is 5.32 Å². The standard InChI is InChI=1S/C36H29N3/c1-36(2)31-16-10-9-15-29(31)30-22-21-28(23-32(30)36)35-38-33(26-13-7-4-8-14-26)37-34(39-35)27-19-17-25(18-20-27)24-11-5-3-6-12-24/h3-23,35H,1-2H3,(H,37,38,39). The Morgan fingerprint density at radius 2 is 1.03 bits per heavy atom. The largest absolute Gasteiger partial charge is 0.324 e. The Kier molecular flexibility index (Phi) is 5.52. The van der Waals surface area contributed by atoms with Gasteiger partial charge in [0.05, 0.1) is 0 Å². The molecule has 0 saturated carbocycles. The predicted octanol–water partition coefficient (Wildman–Crippen LogP) is 8.16. The first kappa shape index (κ1) is 23.4. The summed E-state index contributed by atoms with van der Waals surface area (Å²) in [4.78, 5) is 10.2. The Hall–Kier alpha value is -4.76. The van der Waals surface area contributed by atoms with Crippen molar-refractivity contribution < 1.29 is 0 Å². The van der Waals surface area contributed by atoms with Crippen LogP contribution in [0.1, 0.15) is 47.8 Å². The number of benzene rings is 5. The van der Waals surface area contributed by atoms with Crippen LogP contribution in [0.5, 0.6) is 0 Å². The first-order chi connectivity index (χ1) is 19.1. The molecule has 1 heterocycles. The maximum Gasteiger partial charge on any atom is 0.169 e. The Labute approximate surface area is 229 Å². The Morgan fingerprint density at radius 1 is 0.513 bits per heavy atom. The SMILES string of the molecule is CC1(C)c2ccccc2-c2ccc(C3N=C(c4ccccc4)NC(c4ccc(-c5ccccc5)cc4)=N3)cc21. The third-order valence-corrected chi connectivity index (χ3v) is 7.96. The molecule has 5 aromatic carbocycles. The summed E-state index contributed by atoms with van der Waals surface area (Å²) in [6, 6.07) is 44.9. The van der Waals surface area contributed by atoms with E-state index in [4.69, 9.17) is 9.98 Å². The lowest BCUT2D eigenvalue weighted by molar-refractivity contribution is 0.656. The molecule has 1 N–H and O–H groups in total. The quantitative estimate of drug-likeness (QED) is 0.264. The number of amidine groups is 2. The van der Waals surface area contributed by atoms with Crippen molar-refractivity contribution in [2.45, 2.75) is 25.4 Å². The molecule has 1 aliphatic heterocycles. The summed E-state index contributed by atoms with van der Waals surface area (Å²) in [6.45, 7) is 4.62. The normalized spacial score (nSPS) is 16.9. The van der Waals surface area contributed by atoms with E-state index in [1.807, 2.05) is 24.3 Å². The molecule has 0 spiro atoms. The van der Waals surface area contributed by atoms with Gasteiger partial charge in [0.2, 0.25) is 0 Å². The Morgan fingerprint density at radius 3 is 1.72 bits per heavy atom. The number of aliphatic imine (C=N–C) groups is 2. The highest BCUT2D eigenvalue weighted by Crippen LogP contribution is 2.49. The van der Waals surface area contributed by atoms with E-state index >= 15 is 0 Å². The summed E-state index contributed by atoms with van der Waals surface area (Å²) in [6.07, 6.45) is -0.338. The Balaban J connectivity index is 1.30. The maximum absolute atomic E-state index is 5.14. The van der Waals surface area contributed by atoms with E-state index in [1.54, 1.807) is 0 Å². The molecule has 188 valence electrons. The molecule has 5 aromatic rings. The van der Waals surface area contributed by atoms with Crippen molar-refractivity contribution in [3.63, 3.8) is 0 Å². The van der Waals surface area contributed by atoms with Crippen molar-refractivity contribution >= 4 is 11.7 Å².